The van der Waals surface area contributed by atoms with Gasteiger partial charge in [0.05, 0.1) is 34.2 Å². The molecule has 39 heavy (non-hydrogen) atoms. The number of quaternary nitrogens is 1. The molecule has 2 heterocycles. The molecule has 0 radical (unpaired) electrons. The standard InChI is InChI=1S/C26H39ClN10O2/c1-37(2,3)16-13-31-25(39)36-14-11-26(12-15-36,10-9-18-7-5-4-6-8-18)17-32-24(30)35-23(38)19-21(28)34-22(29)20(27)33-19/h4-8H,9-17H2,1-3H3,(H7-,28,29,30,31,32,34,35,38,39)/p+1. The van der Waals surface area contributed by atoms with Gasteiger partial charge in [-0.2, -0.15) is 4.99 Å². The van der Waals surface area contributed by atoms with Gasteiger partial charge in [-0.3, -0.25) is 4.79 Å². The third-order valence-electron chi connectivity index (χ3n) is 6.93. The number of anilines is 2. The predicted molar refractivity (Wildman–Crippen MR) is 154 cm³/mol. The van der Waals surface area contributed by atoms with Crippen LogP contribution in [0.3, 0.4) is 0 Å². The Labute approximate surface area is 234 Å². The Morgan fingerprint density at radius 1 is 1.08 bits per heavy atom. The number of hydrogen-bond acceptors (Lipinski definition) is 6. The summed E-state index contributed by atoms with van der Waals surface area (Å²) in [5.74, 6) is -1.08. The number of aliphatic imine (C=N–C) groups is 1. The monoisotopic (exact) mass is 559 g/mol. The van der Waals surface area contributed by atoms with Crippen LogP contribution in [0.5, 0.6) is 0 Å². The summed E-state index contributed by atoms with van der Waals surface area (Å²) in [7, 11) is 6.28. The van der Waals surface area contributed by atoms with E-state index in [-0.39, 0.29) is 39.9 Å². The summed E-state index contributed by atoms with van der Waals surface area (Å²) in [6.07, 6.45) is 3.32. The van der Waals surface area contributed by atoms with Crippen LogP contribution in [0.25, 0.3) is 0 Å². The zero-order valence-corrected chi connectivity index (χ0v) is 23.7. The van der Waals surface area contributed by atoms with Crippen molar-refractivity contribution >= 4 is 41.1 Å². The van der Waals surface area contributed by atoms with Crippen molar-refractivity contribution in [2.75, 3.05) is 65.3 Å². The maximum absolute atomic E-state index is 12.7. The fraction of sp³-hybridized carbons (Fsp3) is 0.500. The second-order valence-electron chi connectivity index (χ2n) is 11.0. The summed E-state index contributed by atoms with van der Waals surface area (Å²) >= 11 is 5.88. The number of guanidine groups is 1. The van der Waals surface area contributed by atoms with Crippen LogP contribution in [0.15, 0.2) is 35.3 Å². The molecule has 0 aliphatic carbocycles. The Bertz CT molecular complexity index is 1180. The number of aromatic nitrogens is 2. The molecular formula is C26H40ClN10O2+. The van der Waals surface area contributed by atoms with Crippen molar-refractivity contribution in [3.05, 3.63) is 46.7 Å². The van der Waals surface area contributed by atoms with Gasteiger partial charge in [0.15, 0.2) is 28.4 Å². The summed E-state index contributed by atoms with van der Waals surface area (Å²) in [6, 6.07) is 10.2. The lowest BCUT2D eigenvalue weighted by Gasteiger charge is -2.42. The highest BCUT2D eigenvalue weighted by molar-refractivity contribution is 6.31. The lowest BCUT2D eigenvalue weighted by Crippen LogP contribution is -2.52. The van der Waals surface area contributed by atoms with Crippen LogP contribution >= 0.6 is 11.6 Å². The summed E-state index contributed by atoms with van der Waals surface area (Å²) < 4.78 is 0.782. The Morgan fingerprint density at radius 2 is 1.74 bits per heavy atom. The van der Waals surface area contributed by atoms with E-state index < -0.39 is 5.91 Å². The van der Waals surface area contributed by atoms with E-state index in [2.05, 4.69) is 58.9 Å². The van der Waals surface area contributed by atoms with E-state index in [0.29, 0.717) is 26.2 Å². The normalized spacial score (nSPS) is 15.6. The molecule has 0 unspecified atom stereocenters. The van der Waals surface area contributed by atoms with Gasteiger partial charge in [0.1, 0.15) is 0 Å². The molecule has 1 fully saturated rings. The summed E-state index contributed by atoms with van der Waals surface area (Å²) in [5.41, 5.74) is 18.3. The van der Waals surface area contributed by atoms with E-state index in [1.165, 1.54) is 5.56 Å². The number of rotatable bonds is 9. The van der Waals surface area contributed by atoms with Crippen LogP contribution in [0, 0.1) is 5.41 Å². The first kappa shape index (κ1) is 29.9. The van der Waals surface area contributed by atoms with Crippen LogP contribution in [0.4, 0.5) is 16.4 Å². The van der Waals surface area contributed by atoms with Crippen molar-refractivity contribution < 1.29 is 14.1 Å². The highest BCUT2D eigenvalue weighted by Crippen LogP contribution is 2.36. The molecule has 8 N–H and O–H groups in total. The molecule has 1 aromatic carbocycles. The minimum Gasteiger partial charge on any atom is -0.382 e. The second kappa shape index (κ2) is 12.9. The molecule has 1 aliphatic heterocycles. The number of benzene rings is 1. The quantitative estimate of drug-likeness (QED) is 0.174. The van der Waals surface area contributed by atoms with Crippen LogP contribution < -0.4 is 27.8 Å². The molecule has 1 aliphatic rings. The third-order valence-corrected chi connectivity index (χ3v) is 7.21. The minimum absolute atomic E-state index is 0.0411. The van der Waals surface area contributed by atoms with Crippen molar-refractivity contribution in [2.45, 2.75) is 25.7 Å². The van der Waals surface area contributed by atoms with Crippen LogP contribution in [-0.4, -0.2) is 91.1 Å². The average molecular weight is 560 g/mol. The first-order chi connectivity index (χ1) is 18.4. The zero-order valence-electron chi connectivity index (χ0n) is 22.9. The number of urea groups is 1. The average Bonchev–Trinajstić information content (AvgIpc) is 2.88. The second-order valence-corrected chi connectivity index (χ2v) is 11.4. The van der Waals surface area contributed by atoms with Gasteiger partial charge >= 0.3 is 11.9 Å². The molecule has 1 aromatic heterocycles. The van der Waals surface area contributed by atoms with Crippen molar-refractivity contribution in [1.29, 1.82) is 0 Å². The Balaban J connectivity index is 1.65. The molecule has 0 bridgehead atoms. The Kier molecular flexibility index (Phi) is 9.92. The largest absolute Gasteiger partial charge is 0.382 e. The number of carbonyl (C=O) groups is 2. The summed E-state index contributed by atoms with van der Waals surface area (Å²) in [4.78, 5) is 38.8. The van der Waals surface area contributed by atoms with Gasteiger partial charge in [0.2, 0.25) is 0 Å². The van der Waals surface area contributed by atoms with Gasteiger partial charge in [-0.05, 0) is 36.7 Å². The number of nitrogens with zero attached hydrogens (tertiary/aromatic N) is 5. The molecule has 0 atom stereocenters. The molecule has 3 rings (SSSR count). The molecule has 3 amide bonds. The Hall–Kier alpha value is -3.64. The highest BCUT2D eigenvalue weighted by atomic mass is 35.5. The van der Waals surface area contributed by atoms with Crippen molar-refractivity contribution in [1.82, 2.24) is 25.5 Å². The smallest absolute Gasteiger partial charge is 0.317 e. The van der Waals surface area contributed by atoms with Crippen molar-refractivity contribution in [2.24, 2.45) is 16.1 Å². The van der Waals surface area contributed by atoms with E-state index in [1.54, 1.807) is 0 Å². The zero-order chi connectivity index (χ0) is 28.6. The van der Waals surface area contributed by atoms with E-state index in [9.17, 15) is 9.59 Å². The van der Waals surface area contributed by atoms with Crippen LogP contribution in [-0.2, 0) is 6.42 Å². The fourth-order valence-electron chi connectivity index (χ4n) is 4.44. The number of halogens is 1. The minimum atomic E-state index is -0.773. The number of nitrogens with one attached hydrogen (secondary N) is 2. The number of carbonyl (C=O) groups excluding carboxylic acids is 2. The van der Waals surface area contributed by atoms with Gasteiger partial charge in [-0.1, -0.05) is 41.9 Å². The number of nitrogen functional groups attached to an aromatic ring is 2. The molecule has 212 valence electrons. The number of likely N-dealkylation sites (tertiary alicyclic amines) is 1. The SMILES string of the molecule is C[N+](C)(C)CCNC(=O)N1CCC(CCc2ccccc2)(CN/C(N)=N/C(=O)c2nc(Cl)c(N)nc2N)CC1. The number of aryl methyl sites for hydroxylation is 1. The molecular weight excluding hydrogens is 520 g/mol. The molecule has 13 heteroatoms. The van der Waals surface area contributed by atoms with Gasteiger partial charge in [-0.15, -0.1) is 0 Å². The van der Waals surface area contributed by atoms with Gasteiger partial charge < -0.3 is 37.2 Å². The van der Waals surface area contributed by atoms with E-state index in [0.717, 1.165) is 36.7 Å². The topological polar surface area (TPSA) is 178 Å². The number of nitrogens with two attached hydrogens (primary N) is 3. The number of likely N-dealkylation sites (N-methyl/N-ethyl adjacent to an activating group) is 1. The maximum atomic E-state index is 12.7. The third kappa shape index (κ3) is 8.96. The molecule has 1 saturated heterocycles. The number of hydrogen-bond donors (Lipinski definition) is 5. The number of amides is 3. The molecule has 12 nitrogen and oxygen atoms in total. The molecule has 2 aromatic rings. The lowest BCUT2D eigenvalue weighted by atomic mass is 9.74. The molecule has 0 spiro atoms. The van der Waals surface area contributed by atoms with Gasteiger partial charge in [-0.25, -0.2) is 14.8 Å². The predicted octanol–water partition coefficient (Wildman–Crippen LogP) is 1.47. The summed E-state index contributed by atoms with van der Waals surface area (Å²) in [5, 5.41) is 6.01. The van der Waals surface area contributed by atoms with E-state index in [4.69, 9.17) is 28.8 Å². The van der Waals surface area contributed by atoms with E-state index in [1.807, 2.05) is 23.1 Å². The van der Waals surface area contributed by atoms with Gasteiger partial charge in [0.25, 0.3) is 0 Å². The first-order valence-electron chi connectivity index (χ1n) is 13.0. The summed E-state index contributed by atoms with van der Waals surface area (Å²) in [6.45, 7) is 3.21. The lowest BCUT2D eigenvalue weighted by molar-refractivity contribution is -0.869. The van der Waals surface area contributed by atoms with Gasteiger partial charge in [0, 0.05) is 19.6 Å². The highest BCUT2D eigenvalue weighted by Gasteiger charge is 2.36. The molecule has 0 saturated carbocycles. The Morgan fingerprint density at radius 3 is 2.38 bits per heavy atom. The fourth-order valence-corrected chi connectivity index (χ4v) is 4.57. The van der Waals surface area contributed by atoms with E-state index >= 15 is 0 Å². The first-order valence-corrected chi connectivity index (χ1v) is 13.3. The maximum Gasteiger partial charge on any atom is 0.317 e. The van der Waals surface area contributed by atoms with Crippen LogP contribution in [0.2, 0.25) is 5.15 Å². The van der Waals surface area contributed by atoms with Crippen LogP contribution in [0.1, 0.15) is 35.3 Å². The van der Waals surface area contributed by atoms with Crippen molar-refractivity contribution in [3.8, 4) is 0 Å². The van der Waals surface area contributed by atoms with Crippen molar-refractivity contribution in [3.63, 3.8) is 0 Å². The number of piperidine rings is 1.